The molecule has 1 heterocycles. The highest BCUT2D eigenvalue weighted by atomic mass is 33.5. The van der Waals surface area contributed by atoms with Crippen LogP contribution in [-0.2, 0) is 10.8 Å². The van der Waals surface area contributed by atoms with Gasteiger partial charge in [-0.1, -0.05) is 47.6 Å². The number of fused-ring (bicyclic) bond motifs is 1. The Labute approximate surface area is 117 Å². The summed E-state index contributed by atoms with van der Waals surface area (Å²) < 4.78 is 0. The molecule has 17 heavy (non-hydrogen) atoms. The first kappa shape index (κ1) is 13.7. The molecule has 0 amide bonds. The van der Waals surface area contributed by atoms with Crippen LogP contribution in [-0.4, -0.2) is 0 Å². The van der Waals surface area contributed by atoms with Gasteiger partial charge in [0.15, 0.2) is 0 Å². The van der Waals surface area contributed by atoms with E-state index in [4.69, 9.17) is 0 Å². The lowest BCUT2D eigenvalue weighted by Gasteiger charge is -2.27. The van der Waals surface area contributed by atoms with Crippen molar-refractivity contribution in [1.82, 2.24) is 0 Å². The summed E-state index contributed by atoms with van der Waals surface area (Å²) >= 11 is 0. The van der Waals surface area contributed by atoms with Crippen LogP contribution in [0.15, 0.2) is 21.9 Å². The van der Waals surface area contributed by atoms with E-state index in [0.717, 1.165) is 0 Å². The second-order valence-corrected chi connectivity index (χ2v) is 10.5. The van der Waals surface area contributed by atoms with Crippen molar-refractivity contribution in [2.75, 3.05) is 0 Å². The fourth-order valence-electron chi connectivity index (χ4n) is 1.83. The van der Waals surface area contributed by atoms with Crippen molar-refractivity contribution < 1.29 is 0 Å². The van der Waals surface area contributed by atoms with Gasteiger partial charge < -0.3 is 0 Å². The van der Waals surface area contributed by atoms with Crippen LogP contribution in [0.1, 0.15) is 52.7 Å². The molecule has 0 atom stereocenters. The van der Waals surface area contributed by atoms with Crippen molar-refractivity contribution in [3.8, 4) is 0 Å². The number of hydrogen-bond acceptors (Lipinski definition) is 3. The molecule has 0 N–H and O–H groups in total. The second kappa shape index (κ2) is 4.43. The normalized spacial score (nSPS) is 16.1. The highest BCUT2D eigenvalue weighted by Crippen LogP contribution is 2.58. The molecular weight excluding hydrogens is 264 g/mol. The van der Waals surface area contributed by atoms with E-state index in [-0.39, 0.29) is 10.8 Å². The van der Waals surface area contributed by atoms with E-state index in [0.29, 0.717) is 0 Å². The van der Waals surface area contributed by atoms with Crippen molar-refractivity contribution in [3.63, 3.8) is 0 Å². The predicted molar refractivity (Wildman–Crippen MR) is 83.1 cm³/mol. The Bertz CT molecular complexity index is 436. The van der Waals surface area contributed by atoms with E-state index < -0.39 is 0 Å². The molecule has 1 aliphatic heterocycles. The number of benzene rings is 1. The zero-order valence-corrected chi connectivity index (χ0v) is 13.8. The molecule has 0 saturated heterocycles. The van der Waals surface area contributed by atoms with Crippen molar-refractivity contribution in [2.45, 2.75) is 62.2 Å². The molecule has 0 fully saturated rings. The average Bonchev–Trinajstić information content (AvgIpc) is 2.59. The summed E-state index contributed by atoms with van der Waals surface area (Å²) in [7, 11) is 5.71. The summed E-state index contributed by atoms with van der Waals surface area (Å²) in [5, 5.41) is 0. The zero-order valence-electron chi connectivity index (χ0n) is 11.4. The van der Waals surface area contributed by atoms with Gasteiger partial charge in [-0.2, -0.15) is 0 Å². The summed E-state index contributed by atoms with van der Waals surface area (Å²) in [6.45, 7) is 13.8. The van der Waals surface area contributed by atoms with Gasteiger partial charge >= 0.3 is 0 Å². The Kier molecular flexibility index (Phi) is 3.57. The number of rotatable bonds is 0. The molecule has 0 spiro atoms. The molecule has 0 unspecified atom stereocenters. The average molecular weight is 285 g/mol. The van der Waals surface area contributed by atoms with Crippen molar-refractivity contribution >= 4 is 31.4 Å². The Morgan fingerprint density at radius 1 is 0.824 bits per heavy atom. The fraction of sp³-hybridized carbons (Fsp3) is 0.571. The van der Waals surface area contributed by atoms with Crippen molar-refractivity contribution in [1.29, 1.82) is 0 Å². The SMILES string of the molecule is CC(C)(C)c1cc2c(c(C(C)(C)C)c1)SSS2. The molecule has 0 radical (unpaired) electrons. The molecule has 94 valence electrons. The van der Waals surface area contributed by atoms with Crippen LogP contribution < -0.4 is 0 Å². The maximum atomic E-state index is 2.41. The lowest BCUT2D eigenvalue weighted by molar-refractivity contribution is 0.555. The van der Waals surface area contributed by atoms with Gasteiger partial charge in [0.25, 0.3) is 0 Å². The van der Waals surface area contributed by atoms with E-state index in [1.807, 2.05) is 31.4 Å². The minimum atomic E-state index is 0.226. The maximum Gasteiger partial charge on any atom is 0.0373 e. The van der Waals surface area contributed by atoms with E-state index in [9.17, 15) is 0 Å². The van der Waals surface area contributed by atoms with Crippen LogP contribution in [0.5, 0.6) is 0 Å². The Hall–Kier alpha value is 0.270. The van der Waals surface area contributed by atoms with Crippen molar-refractivity contribution in [3.05, 3.63) is 23.3 Å². The van der Waals surface area contributed by atoms with Gasteiger partial charge in [0, 0.05) is 9.79 Å². The van der Waals surface area contributed by atoms with Crippen molar-refractivity contribution in [2.24, 2.45) is 0 Å². The van der Waals surface area contributed by atoms with Gasteiger partial charge in [0.2, 0.25) is 0 Å². The molecule has 0 bridgehead atoms. The second-order valence-electron chi connectivity index (χ2n) is 6.59. The third kappa shape index (κ3) is 2.82. The minimum Gasteiger partial charge on any atom is -0.0561 e. The van der Waals surface area contributed by atoms with Crippen LogP contribution in [0.2, 0.25) is 0 Å². The van der Waals surface area contributed by atoms with Gasteiger partial charge in [-0.25, -0.2) is 0 Å². The molecule has 1 aromatic rings. The van der Waals surface area contributed by atoms with Gasteiger partial charge in [0.05, 0.1) is 0 Å². The monoisotopic (exact) mass is 284 g/mol. The van der Waals surface area contributed by atoms with E-state index in [2.05, 4.69) is 53.7 Å². The topological polar surface area (TPSA) is 0 Å². The van der Waals surface area contributed by atoms with E-state index in [1.54, 1.807) is 0 Å². The van der Waals surface area contributed by atoms with Gasteiger partial charge in [-0.05, 0) is 59.4 Å². The first-order valence-electron chi connectivity index (χ1n) is 5.90. The summed E-state index contributed by atoms with van der Waals surface area (Å²) in [5.41, 5.74) is 3.41. The third-order valence-corrected chi connectivity index (χ3v) is 7.02. The molecule has 0 aromatic heterocycles. The maximum absolute atomic E-state index is 2.41. The lowest BCUT2D eigenvalue weighted by Crippen LogP contribution is -2.17. The Morgan fingerprint density at radius 2 is 1.47 bits per heavy atom. The highest BCUT2D eigenvalue weighted by Gasteiger charge is 2.28. The lowest BCUT2D eigenvalue weighted by atomic mass is 9.81. The minimum absolute atomic E-state index is 0.226. The fourth-order valence-corrected chi connectivity index (χ4v) is 6.56. The molecular formula is C14H20S3. The first-order chi connectivity index (χ1) is 7.69. The zero-order chi connectivity index (χ0) is 12.8. The highest BCUT2D eigenvalue weighted by molar-refractivity contribution is 9.10. The summed E-state index contributed by atoms with van der Waals surface area (Å²) in [5.74, 6) is 0. The summed E-state index contributed by atoms with van der Waals surface area (Å²) in [6, 6.07) is 4.79. The van der Waals surface area contributed by atoms with E-state index in [1.165, 1.54) is 20.9 Å². The van der Waals surface area contributed by atoms with Gasteiger partial charge in [-0.15, -0.1) is 0 Å². The third-order valence-electron chi connectivity index (χ3n) is 2.97. The molecule has 0 saturated carbocycles. The molecule has 0 nitrogen and oxygen atoms in total. The molecule has 1 aliphatic rings. The standard InChI is InChI=1S/C14H20S3/c1-13(2,3)9-7-10(14(4,5)6)12-11(8-9)15-17-16-12/h7-8H,1-6H3. The van der Waals surface area contributed by atoms with Crippen LogP contribution in [0.3, 0.4) is 0 Å². The van der Waals surface area contributed by atoms with Crippen LogP contribution in [0.25, 0.3) is 0 Å². The Morgan fingerprint density at radius 3 is 2.00 bits per heavy atom. The summed E-state index contributed by atoms with van der Waals surface area (Å²) in [4.78, 5) is 2.94. The molecule has 1 aromatic carbocycles. The molecule has 3 heteroatoms. The van der Waals surface area contributed by atoms with Gasteiger partial charge in [0.1, 0.15) is 0 Å². The van der Waals surface area contributed by atoms with Crippen LogP contribution in [0.4, 0.5) is 0 Å². The predicted octanol–water partition coefficient (Wildman–Crippen LogP) is 6.04. The summed E-state index contributed by atoms with van der Waals surface area (Å²) in [6.07, 6.45) is 0. The molecule has 2 rings (SSSR count). The van der Waals surface area contributed by atoms with Crippen LogP contribution >= 0.6 is 31.4 Å². The smallest absolute Gasteiger partial charge is 0.0373 e. The first-order valence-corrected chi connectivity index (χ1v) is 9.38. The quantitative estimate of drug-likeness (QED) is 0.533. The van der Waals surface area contributed by atoms with Gasteiger partial charge in [-0.3, -0.25) is 0 Å². The van der Waals surface area contributed by atoms with E-state index >= 15 is 0 Å². The molecule has 0 aliphatic carbocycles. The van der Waals surface area contributed by atoms with Crippen LogP contribution in [0, 0.1) is 0 Å². The Balaban J connectivity index is 2.62. The number of hydrogen-bond donors (Lipinski definition) is 0. The largest absolute Gasteiger partial charge is 0.0561 e.